The van der Waals surface area contributed by atoms with E-state index in [0.29, 0.717) is 17.5 Å². The molecular formula is C49H29N3O2. The fourth-order valence-corrected chi connectivity index (χ4v) is 7.75. The molecule has 0 aliphatic heterocycles. The number of hydrogen-bond donors (Lipinski definition) is 0. The molecule has 0 unspecified atom stereocenters. The molecule has 11 rings (SSSR count). The van der Waals surface area contributed by atoms with Crippen LogP contribution in [0.1, 0.15) is 0 Å². The third-order valence-electron chi connectivity index (χ3n) is 10.3. The van der Waals surface area contributed by atoms with Crippen LogP contribution in [0.5, 0.6) is 0 Å². The van der Waals surface area contributed by atoms with Crippen molar-refractivity contribution < 1.29 is 8.83 Å². The quantitative estimate of drug-likeness (QED) is 0.180. The molecule has 54 heavy (non-hydrogen) atoms. The van der Waals surface area contributed by atoms with E-state index < -0.39 is 0 Å². The van der Waals surface area contributed by atoms with Crippen LogP contribution in [0.2, 0.25) is 0 Å². The number of rotatable bonds is 5. The third-order valence-corrected chi connectivity index (χ3v) is 10.3. The monoisotopic (exact) mass is 691 g/mol. The number of para-hydroxylation sites is 1. The van der Waals surface area contributed by atoms with Crippen molar-refractivity contribution in [3.05, 3.63) is 176 Å². The SMILES string of the molecule is c1ccc(-c2nc(-c3ccccc3)nc(-c3ccc(-c4ccc5c(c4)oc4c6ccccc6c(-c6cccc7oc8ccccc8c67)cc54)cc3)n2)cc1. The molecule has 0 spiro atoms. The topological polar surface area (TPSA) is 65.0 Å². The predicted molar refractivity (Wildman–Crippen MR) is 219 cm³/mol. The van der Waals surface area contributed by atoms with E-state index in [9.17, 15) is 0 Å². The van der Waals surface area contributed by atoms with Crippen molar-refractivity contribution in [2.24, 2.45) is 0 Å². The molecule has 0 bridgehead atoms. The van der Waals surface area contributed by atoms with Gasteiger partial charge in [-0.2, -0.15) is 0 Å². The minimum Gasteiger partial charge on any atom is -0.456 e. The van der Waals surface area contributed by atoms with Gasteiger partial charge in [-0.3, -0.25) is 0 Å². The van der Waals surface area contributed by atoms with Crippen molar-refractivity contribution in [1.29, 1.82) is 0 Å². The van der Waals surface area contributed by atoms with Gasteiger partial charge < -0.3 is 8.83 Å². The Morgan fingerprint density at radius 2 is 0.852 bits per heavy atom. The maximum absolute atomic E-state index is 6.72. The van der Waals surface area contributed by atoms with E-state index in [1.807, 2.05) is 72.8 Å². The van der Waals surface area contributed by atoms with Crippen molar-refractivity contribution in [2.75, 3.05) is 0 Å². The summed E-state index contributed by atoms with van der Waals surface area (Å²) in [7, 11) is 0. The Morgan fingerprint density at radius 1 is 0.296 bits per heavy atom. The molecule has 0 amide bonds. The van der Waals surface area contributed by atoms with Crippen LogP contribution >= 0.6 is 0 Å². The first-order valence-corrected chi connectivity index (χ1v) is 18.0. The maximum Gasteiger partial charge on any atom is 0.164 e. The zero-order valence-corrected chi connectivity index (χ0v) is 28.9. The Morgan fingerprint density at radius 3 is 1.56 bits per heavy atom. The molecule has 3 heterocycles. The highest BCUT2D eigenvalue weighted by Gasteiger charge is 2.19. The Balaban J connectivity index is 1.01. The summed E-state index contributed by atoms with van der Waals surface area (Å²) < 4.78 is 13.0. The molecule has 5 nitrogen and oxygen atoms in total. The summed E-state index contributed by atoms with van der Waals surface area (Å²) >= 11 is 0. The summed E-state index contributed by atoms with van der Waals surface area (Å²) in [6.07, 6.45) is 0. The fourth-order valence-electron chi connectivity index (χ4n) is 7.75. The van der Waals surface area contributed by atoms with Gasteiger partial charge in [0.05, 0.1) is 0 Å². The first-order chi connectivity index (χ1) is 26.7. The van der Waals surface area contributed by atoms with E-state index in [0.717, 1.165) is 93.6 Å². The molecule has 11 aromatic rings. The Hall–Kier alpha value is -7.37. The fraction of sp³-hybridized carbons (Fsp3) is 0. The van der Waals surface area contributed by atoms with Crippen molar-refractivity contribution in [1.82, 2.24) is 15.0 Å². The second-order valence-corrected chi connectivity index (χ2v) is 13.6. The lowest BCUT2D eigenvalue weighted by Crippen LogP contribution is -2.00. The van der Waals surface area contributed by atoms with Crippen molar-refractivity contribution in [2.45, 2.75) is 0 Å². The molecule has 5 heteroatoms. The van der Waals surface area contributed by atoms with Gasteiger partial charge in [0, 0.05) is 43.6 Å². The zero-order valence-electron chi connectivity index (χ0n) is 28.9. The second kappa shape index (κ2) is 12.1. The largest absolute Gasteiger partial charge is 0.456 e. The minimum absolute atomic E-state index is 0.629. The lowest BCUT2D eigenvalue weighted by molar-refractivity contribution is 0.669. The standard InChI is InChI=1S/C49H29N3O2/c1-3-12-31(13-4-1)47-50-48(32-14-5-2-6-15-32)52-49(51-47)33-24-22-30(23-25-33)34-26-27-36-41-29-40(35-16-7-8-17-38(35)46(41)54-44(36)28-34)37-19-11-21-43-45(37)39-18-9-10-20-42(39)53-43/h1-29H. The van der Waals surface area contributed by atoms with Gasteiger partial charge in [-0.15, -0.1) is 0 Å². The van der Waals surface area contributed by atoms with Crippen LogP contribution in [0.25, 0.3) is 111 Å². The molecule has 0 atom stereocenters. The van der Waals surface area contributed by atoms with Gasteiger partial charge in [-0.1, -0.05) is 146 Å². The molecule has 0 saturated heterocycles. The molecule has 0 saturated carbocycles. The molecule has 0 fully saturated rings. The van der Waals surface area contributed by atoms with E-state index in [1.54, 1.807) is 0 Å². The highest BCUT2D eigenvalue weighted by atomic mass is 16.3. The van der Waals surface area contributed by atoms with E-state index >= 15 is 0 Å². The zero-order chi connectivity index (χ0) is 35.6. The van der Waals surface area contributed by atoms with Gasteiger partial charge in [0.25, 0.3) is 0 Å². The summed E-state index contributed by atoms with van der Waals surface area (Å²) in [5, 5.41) is 6.63. The van der Waals surface area contributed by atoms with Gasteiger partial charge in [0.15, 0.2) is 17.5 Å². The predicted octanol–water partition coefficient (Wildman–Crippen LogP) is 13.2. The molecule has 0 aliphatic carbocycles. The van der Waals surface area contributed by atoms with Gasteiger partial charge in [-0.05, 0) is 58.0 Å². The first kappa shape index (κ1) is 30.3. The van der Waals surface area contributed by atoms with E-state index in [-0.39, 0.29) is 0 Å². The molecular weight excluding hydrogens is 663 g/mol. The van der Waals surface area contributed by atoms with Crippen LogP contribution in [0.15, 0.2) is 185 Å². The lowest BCUT2D eigenvalue weighted by atomic mass is 9.92. The molecule has 0 radical (unpaired) electrons. The summed E-state index contributed by atoms with van der Waals surface area (Å²) in [6.45, 7) is 0. The first-order valence-electron chi connectivity index (χ1n) is 18.0. The molecule has 3 aromatic heterocycles. The number of fused-ring (bicyclic) bond motifs is 8. The number of nitrogens with zero attached hydrogens (tertiary/aromatic N) is 3. The van der Waals surface area contributed by atoms with E-state index in [4.69, 9.17) is 23.8 Å². The Kier molecular flexibility index (Phi) is 6.79. The maximum atomic E-state index is 6.72. The van der Waals surface area contributed by atoms with E-state index in [2.05, 4.69) is 103 Å². The Labute approximate surface area is 309 Å². The smallest absolute Gasteiger partial charge is 0.164 e. The third kappa shape index (κ3) is 4.90. The van der Waals surface area contributed by atoms with Crippen LogP contribution in [0, 0.1) is 0 Å². The highest BCUT2D eigenvalue weighted by molar-refractivity contribution is 6.22. The Bertz CT molecular complexity index is 3140. The highest BCUT2D eigenvalue weighted by Crippen LogP contribution is 2.44. The van der Waals surface area contributed by atoms with Crippen molar-refractivity contribution >= 4 is 54.6 Å². The van der Waals surface area contributed by atoms with Gasteiger partial charge in [0.2, 0.25) is 0 Å². The van der Waals surface area contributed by atoms with Crippen molar-refractivity contribution in [3.63, 3.8) is 0 Å². The van der Waals surface area contributed by atoms with Gasteiger partial charge in [-0.25, -0.2) is 15.0 Å². The van der Waals surface area contributed by atoms with Gasteiger partial charge >= 0.3 is 0 Å². The lowest BCUT2D eigenvalue weighted by Gasteiger charge is -2.10. The summed E-state index contributed by atoms with van der Waals surface area (Å²) in [5.74, 6) is 1.91. The average Bonchev–Trinajstić information content (AvgIpc) is 3.82. The van der Waals surface area contributed by atoms with Crippen LogP contribution in [-0.4, -0.2) is 15.0 Å². The molecule has 8 aromatic carbocycles. The van der Waals surface area contributed by atoms with Crippen LogP contribution < -0.4 is 0 Å². The number of benzene rings is 8. The van der Waals surface area contributed by atoms with Crippen molar-refractivity contribution in [3.8, 4) is 56.4 Å². The average molecular weight is 692 g/mol. The summed E-state index contributed by atoms with van der Waals surface area (Å²) in [4.78, 5) is 14.7. The number of aromatic nitrogens is 3. The second-order valence-electron chi connectivity index (χ2n) is 13.6. The number of hydrogen-bond acceptors (Lipinski definition) is 5. The van der Waals surface area contributed by atoms with Crippen LogP contribution in [-0.2, 0) is 0 Å². The minimum atomic E-state index is 0.629. The van der Waals surface area contributed by atoms with Crippen LogP contribution in [0.4, 0.5) is 0 Å². The summed E-state index contributed by atoms with van der Waals surface area (Å²) in [6, 6.07) is 60.4. The molecule has 0 N–H and O–H groups in total. The van der Waals surface area contributed by atoms with Crippen LogP contribution in [0.3, 0.4) is 0 Å². The van der Waals surface area contributed by atoms with E-state index in [1.165, 1.54) is 0 Å². The number of furan rings is 2. The molecule has 0 aliphatic rings. The van der Waals surface area contributed by atoms with Gasteiger partial charge in [0.1, 0.15) is 22.3 Å². The summed E-state index contributed by atoms with van der Waals surface area (Å²) in [5.41, 5.74) is 10.8. The normalized spacial score (nSPS) is 11.7. The molecule has 252 valence electrons.